The highest BCUT2D eigenvalue weighted by molar-refractivity contribution is 7.13. The van der Waals surface area contributed by atoms with Gasteiger partial charge in [0.05, 0.1) is 16.6 Å². The minimum absolute atomic E-state index is 0.223. The first kappa shape index (κ1) is 19.7. The highest BCUT2D eigenvalue weighted by Gasteiger charge is 2.19. The summed E-state index contributed by atoms with van der Waals surface area (Å²) in [5.41, 5.74) is 6.53. The van der Waals surface area contributed by atoms with Crippen LogP contribution in [0.25, 0.3) is 0 Å². The molecule has 0 atom stereocenters. The number of benzene rings is 1. The lowest BCUT2D eigenvalue weighted by molar-refractivity contribution is 0.0955. The standard InChI is InChI=1S/C17H20Cl2N6OS/c18-13-2-1-12(11-14(13)19)15(26)21-3-4-22-16(20)24-6-8-25(9-7-24)17-23-5-10-27-17/h1-2,5,10-11H,3-4,6-9H2,(H2,20,22)(H,21,26). The molecule has 1 saturated heterocycles. The molecule has 0 unspecified atom stereocenters. The summed E-state index contributed by atoms with van der Waals surface area (Å²) in [6.45, 7) is 4.11. The number of thiazole rings is 1. The number of rotatable bonds is 5. The number of aliphatic imine (C=N–C) groups is 1. The van der Waals surface area contributed by atoms with E-state index in [1.807, 2.05) is 16.5 Å². The molecule has 1 aromatic heterocycles. The van der Waals surface area contributed by atoms with Crippen LogP contribution in [0, 0.1) is 0 Å². The van der Waals surface area contributed by atoms with E-state index in [1.165, 1.54) is 0 Å². The first-order valence-corrected chi connectivity index (χ1v) is 10.1. The third-order valence-corrected chi connectivity index (χ3v) is 5.72. The van der Waals surface area contributed by atoms with Crippen molar-refractivity contribution >= 4 is 51.5 Å². The Bertz CT molecular complexity index is 806. The summed E-state index contributed by atoms with van der Waals surface area (Å²) in [5, 5.41) is 6.57. The second-order valence-electron chi connectivity index (χ2n) is 5.91. The summed E-state index contributed by atoms with van der Waals surface area (Å²) in [6, 6.07) is 4.77. The Morgan fingerprint density at radius 2 is 2.04 bits per heavy atom. The van der Waals surface area contributed by atoms with Crippen LogP contribution >= 0.6 is 34.5 Å². The van der Waals surface area contributed by atoms with Gasteiger partial charge in [-0.25, -0.2) is 4.98 Å². The van der Waals surface area contributed by atoms with Crippen LogP contribution in [-0.4, -0.2) is 61.0 Å². The third kappa shape index (κ3) is 5.24. The van der Waals surface area contributed by atoms with Crippen molar-refractivity contribution in [2.24, 2.45) is 10.7 Å². The van der Waals surface area contributed by atoms with E-state index < -0.39 is 0 Å². The summed E-state index contributed by atoms with van der Waals surface area (Å²) in [5.74, 6) is 0.275. The predicted molar refractivity (Wildman–Crippen MR) is 111 cm³/mol. The number of piperazine rings is 1. The van der Waals surface area contributed by atoms with E-state index in [0.717, 1.165) is 31.3 Å². The second-order valence-corrected chi connectivity index (χ2v) is 7.60. The number of nitrogens with one attached hydrogen (secondary N) is 1. The van der Waals surface area contributed by atoms with Crippen LogP contribution < -0.4 is 16.0 Å². The Labute approximate surface area is 171 Å². The second kappa shape index (κ2) is 9.25. The molecular formula is C17H20Cl2N6OS. The van der Waals surface area contributed by atoms with Crippen molar-refractivity contribution in [2.75, 3.05) is 44.2 Å². The average Bonchev–Trinajstić information content (AvgIpc) is 3.22. The van der Waals surface area contributed by atoms with Gasteiger partial charge in [0, 0.05) is 49.9 Å². The predicted octanol–water partition coefficient (Wildman–Crippen LogP) is 2.32. The molecule has 1 aliphatic rings. The van der Waals surface area contributed by atoms with Gasteiger partial charge in [-0.3, -0.25) is 9.79 Å². The van der Waals surface area contributed by atoms with Crippen molar-refractivity contribution < 1.29 is 4.79 Å². The number of amides is 1. The molecule has 1 fully saturated rings. The van der Waals surface area contributed by atoms with Crippen molar-refractivity contribution in [3.05, 3.63) is 45.4 Å². The van der Waals surface area contributed by atoms with Crippen molar-refractivity contribution in [3.8, 4) is 0 Å². The summed E-state index contributed by atoms with van der Waals surface area (Å²) >= 11 is 13.4. The molecule has 10 heteroatoms. The zero-order valence-electron chi connectivity index (χ0n) is 14.6. The van der Waals surface area contributed by atoms with Gasteiger partial charge in [-0.2, -0.15) is 0 Å². The number of hydrogen-bond acceptors (Lipinski definition) is 5. The molecule has 3 rings (SSSR count). The number of aromatic nitrogens is 1. The highest BCUT2D eigenvalue weighted by Crippen LogP contribution is 2.22. The molecule has 2 heterocycles. The lowest BCUT2D eigenvalue weighted by Crippen LogP contribution is -2.51. The number of halogens is 2. The Balaban J connectivity index is 1.42. The smallest absolute Gasteiger partial charge is 0.251 e. The largest absolute Gasteiger partial charge is 0.370 e. The van der Waals surface area contributed by atoms with Gasteiger partial charge < -0.3 is 20.9 Å². The quantitative estimate of drug-likeness (QED) is 0.435. The number of guanidine groups is 1. The molecule has 0 aliphatic carbocycles. The maximum atomic E-state index is 12.1. The number of carbonyl (C=O) groups excluding carboxylic acids is 1. The lowest BCUT2D eigenvalue weighted by atomic mass is 10.2. The molecule has 0 bridgehead atoms. The van der Waals surface area contributed by atoms with Gasteiger partial charge in [-0.1, -0.05) is 23.2 Å². The first-order chi connectivity index (χ1) is 13.0. The van der Waals surface area contributed by atoms with Crippen LogP contribution in [0.4, 0.5) is 5.13 Å². The van der Waals surface area contributed by atoms with E-state index in [9.17, 15) is 4.79 Å². The number of nitrogens with two attached hydrogens (primary N) is 1. The average molecular weight is 427 g/mol. The third-order valence-electron chi connectivity index (χ3n) is 4.15. The maximum absolute atomic E-state index is 12.1. The fraction of sp³-hybridized carbons (Fsp3) is 0.353. The lowest BCUT2D eigenvalue weighted by Gasteiger charge is -2.35. The molecule has 0 radical (unpaired) electrons. The summed E-state index contributed by atoms with van der Waals surface area (Å²) in [7, 11) is 0. The Kier molecular flexibility index (Phi) is 6.76. The topological polar surface area (TPSA) is 86.8 Å². The SMILES string of the molecule is NC(=NCCNC(=O)c1ccc(Cl)c(Cl)c1)N1CCN(c2nccs2)CC1. The number of anilines is 1. The van der Waals surface area contributed by atoms with Gasteiger partial charge in [0.25, 0.3) is 5.91 Å². The zero-order chi connectivity index (χ0) is 19.2. The molecule has 27 heavy (non-hydrogen) atoms. The maximum Gasteiger partial charge on any atom is 0.251 e. The molecule has 144 valence electrons. The number of hydrogen-bond donors (Lipinski definition) is 2. The molecule has 3 N–H and O–H groups in total. The van der Waals surface area contributed by atoms with Crippen LogP contribution in [0.2, 0.25) is 10.0 Å². The Hall–Kier alpha value is -2.03. The van der Waals surface area contributed by atoms with Crippen LogP contribution in [0.5, 0.6) is 0 Å². The van der Waals surface area contributed by atoms with E-state index in [4.69, 9.17) is 28.9 Å². The van der Waals surface area contributed by atoms with Crippen LogP contribution in [0.3, 0.4) is 0 Å². The van der Waals surface area contributed by atoms with Gasteiger partial charge >= 0.3 is 0 Å². The van der Waals surface area contributed by atoms with Crippen molar-refractivity contribution in [2.45, 2.75) is 0 Å². The van der Waals surface area contributed by atoms with Crippen molar-refractivity contribution in [1.82, 2.24) is 15.2 Å². The Morgan fingerprint density at radius 3 is 2.70 bits per heavy atom. The number of carbonyl (C=O) groups is 1. The van der Waals surface area contributed by atoms with E-state index in [2.05, 4.69) is 20.2 Å². The normalized spacial score (nSPS) is 15.1. The van der Waals surface area contributed by atoms with Gasteiger partial charge in [0.1, 0.15) is 0 Å². The zero-order valence-corrected chi connectivity index (χ0v) is 16.9. The van der Waals surface area contributed by atoms with Gasteiger partial charge in [0.2, 0.25) is 0 Å². The first-order valence-electron chi connectivity index (χ1n) is 8.47. The van der Waals surface area contributed by atoms with Crippen LogP contribution in [0.15, 0.2) is 34.8 Å². The summed E-state index contributed by atoms with van der Waals surface area (Å²) in [6.07, 6.45) is 1.81. The number of nitrogens with zero attached hydrogens (tertiary/aromatic N) is 4. The molecule has 1 aliphatic heterocycles. The summed E-state index contributed by atoms with van der Waals surface area (Å²) < 4.78 is 0. The molecule has 0 spiro atoms. The highest BCUT2D eigenvalue weighted by atomic mass is 35.5. The fourth-order valence-corrected chi connectivity index (χ4v) is 3.67. The van der Waals surface area contributed by atoms with E-state index in [1.54, 1.807) is 29.5 Å². The van der Waals surface area contributed by atoms with E-state index >= 15 is 0 Å². The molecule has 0 saturated carbocycles. The minimum atomic E-state index is -0.223. The molecule has 2 aromatic rings. The molecule has 7 nitrogen and oxygen atoms in total. The van der Waals surface area contributed by atoms with Crippen molar-refractivity contribution in [1.29, 1.82) is 0 Å². The molecule has 1 amide bonds. The van der Waals surface area contributed by atoms with E-state index in [0.29, 0.717) is 34.7 Å². The van der Waals surface area contributed by atoms with Crippen molar-refractivity contribution in [3.63, 3.8) is 0 Å². The van der Waals surface area contributed by atoms with Gasteiger partial charge in [0.15, 0.2) is 11.1 Å². The molecule has 1 aromatic carbocycles. The molecular weight excluding hydrogens is 407 g/mol. The van der Waals surface area contributed by atoms with E-state index in [-0.39, 0.29) is 5.91 Å². The Morgan fingerprint density at radius 1 is 1.26 bits per heavy atom. The summed E-state index contributed by atoms with van der Waals surface area (Å²) in [4.78, 5) is 25.1. The monoisotopic (exact) mass is 426 g/mol. The van der Waals surface area contributed by atoms with Crippen LogP contribution in [0.1, 0.15) is 10.4 Å². The fourth-order valence-electron chi connectivity index (χ4n) is 2.68. The van der Waals surface area contributed by atoms with Gasteiger partial charge in [-0.15, -0.1) is 11.3 Å². The van der Waals surface area contributed by atoms with Gasteiger partial charge in [-0.05, 0) is 18.2 Å². The van der Waals surface area contributed by atoms with Crippen LogP contribution in [-0.2, 0) is 0 Å². The minimum Gasteiger partial charge on any atom is -0.370 e.